The molecule has 0 radical (unpaired) electrons. The molecule has 1 aromatic heterocycles. The second-order valence-corrected chi connectivity index (χ2v) is 7.91. The molecule has 23 heavy (non-hydrogen) atoms. The molecule has 5 heteroatoms. The minimum atomic E-state index is 0.152. The predicted molar refractivity (Wildman–Crippen MR) is 92.7 cm³/mol. The molecule has 1 aromatic rings. The lowest BCUT2D eigenvalue weighted by atomic mass is 9.93. The molecule has 1 amide bonds. The maximum Gasteiger partial charge on any atom is 0.220 e. The zero-order chi connectivity index (χ0) is 16.2. The Balaban J connectivity index is 1.43. The van der Waals surface area contributed by atoms with Gasteiger partial charge in [0.1, 0.15) is 0 Å². The maximum atomic E-state index is 11.8. The summed E-state index contributed by atoms with van der Waals surface area (Å²) in [6.07, 6.45) is 6.42. The SMILES string of the molecule is CC(=O)c1cc(CN2CCC[C@@H](CCC(=O)NC3CC3)C2)cs1. The van der Waals surface area contributed by atoms with Crippen LogP contribution in [0.25, 0.3) is 0 Å². The van der Waals surface area contributed by atoms with Crippen molar-refractivity contribution in [1.82, 2.24) is 10.2 Å². The molecule has 1 saturated heterocycles. The Morgan fingerprint density at radius 1 is 1.35 bits per heavy atom. The van der Waals surface area contributed by atoms with Crippen LogP contribution in [0.4, 0.5) is 0 Å². The lowest BCUT2D eigenvalue weighted by Crippen LogP contribution is -2.35. The molecular formula is C18H26N2O2S. The Morgan fingerprint density at radius 2 is 2.17 bits per heavy atom. The minimum absolute atomic E-state index is 0.152. The highest BCUT2D eigenvalue weighted by Crippen LogP contribution is 2.25. The number of Topliss-reactive ketones (excluding diaryl/α,β-unsaturated/α-hetero) is 1. The Morgan fingerprint density at radius 3 is 2.87 bits per heavy atom. The summed E-state index contributed by atoms with van der Waals surface area (Å²) in [5.74, 6) is 1.01. The highest BCUT2D eigenvalue weighted by molar-refractivity contribution is 7.12. The molecule has 2 aliphatic rings. The lowest BCUT2D eigenvalue weighted by Gasteiger charge is -2.32. The van der Waals surface area contributed by atoms with E-state index in [-0.39, 0.29) is 11.7 Å². The van der Waals surface area contributed by atoms with Crippen molar-refractivity contribution in [2.45, 2.75) is 58.0 Å². The van der Waals surface area contributed by atoms with Gasteiger partial charge < -0.3 is 5.32 Å². The summed E-state index contributed by atoms with van der Waals surface area (Å²) in [7, 11) is 0. The molecule has 0 aromatic carbocycles. The molecule has 2 fully saturated rings. The van der Waals surface area contributed by atoms with Gasteiger partial charge in [-0.25, -0.2) is 0 Å². The van der Waals surface area contributed by atoms with Crippen LogP contribution in [0.5, 0.6) is 0 Å². The number of carbonyl (C=O) groups is 2. The lowest BCUT2D eigenvalue weighted by molar-refractivity contribution is -0.121. The van der Waals surface area contributed by atoms with E-state index in [1.54, 1.807) is 18.3 Å². The van der Waals surface area contributed by atoms with Gasteiger partial charge in [-0.3, -0.25) is 14.5 Å². The van der Waals surface area contributed by atoms with Crippen molar-refractivity contribution < 1.29 is 9.59 Å². The summed E-state index contributed by atoms with van der Waals surface area (Å²) in [5.41, 5.74) is 1.24. The number of hydrogen-bond donors (Lipinski definition) is 1. The van der Waals surface area contributed by atoms with Gasteiger partial charge in [0.2, 0.25) is 5.91 Å². The number of nitrogens with zero attached hydrogens (tertiary/aromatic N) is 1. The van der Waals surface area contributed by atoms with E-state index >= 15 is 0 Å². The number of nitrogens with one attached hydrogen (secondary N) is 1. The molecule has 1 saturated carbocycles. The number of piperidine rings is 1. The summed E-state index contributed by atoms with van der Waals surface area (Å²) in [6, 6.07) is 2.50. The predicted octanol–water partition coefficient (Wildman–Crippen LogP) is 3.22. The van der Waals surface area contributed by atoms with Gasteiger partial charge in [-0.2, -0.15) is 0 Å². The molecule has 126 valence electrons. The van der Waals surface area contributed by atoms with Crippen LogP contribution in [0.1, 0.15) is 60.7 Å². The first kappa shape index (κ1) is 16.7. The second-order valence-electron chi connectivity index (χ2n) is 7.00. The van der Waals surface area contributed by atoms with Crippen LogP contribution < -0.4 is 5.32 Å². The summed E-state index contributed by atoms with van der Waals surface area (Å²) >= 11 is 1.54. The van der Waals surface area contributed by atoms with Gasteiger partial charge in [-0.15, -0.1) is 11.3 Å². The average molecular weight is 334 g/mol. The zero-order valence-electron chi connectivity index (χ0n) is 13.8. The monoisotopic (exact) mass is 334 g/mol. The molecule has 1 aliphatic heterocycles. The smallest absolute Gasteiger partial charge is 0.220 e. The third kappa shape index (κ3) is 5.15. The first-order valence-electron chi connectivity index (χ1n) is 8.70. The summed E-state index contributed by atoms with van der Waals surface area (Å²) in [4.78, 5) is 26.5. The van der Waals surface area contributed by atoms with Crippen LogP contribution in [-0.2, 0) is 11.3 Å². The second kappa shape index (κ2) is 7.58. The zero-order valence-corrected chi connectivity index (χ0v) is 14.7. The van der Waals surface area contributed by atoms with Gasteiger partial charge in [0.15, 0.2) is 5.78 Å². The van der Waals surface area contributed by atoms with Crippen LogP contribution in [0, 0.1) is 5.92 Å². The van der Waals surface area contributed by atoms with E-state index in [0.29, 0.717) is 18.4 Å². The minimum Gasteiger partial charge on any atom is -0.353 e. The normalized spacial score (nSPS) is 22.0. The quantitative estimate of drug-likeness (QED) is 0.779. The first-order valence-corrected chi connectivity index (χ1v) is 9.58. The molecule has 1 aliphatic carbocycles. The Kier molecular flexibility index (Phi) is 5.49. The molecule has 0 spiro atoms. The average Bonchev–Trinajstić information content (AvgIpc) is 3.20. The molecule has 2 heterocycles. The summed E-state index contributed by atoms with van der Waals surface area (Å²) in [5, 5.41) is 5.18. The summed E-state index contributed by atoms with van der Waals surface area (Å²) in [6.45, 7) is 4.74. The van der Waals surface area contributed by atoms with E-state index < -0.39 is 0 Å². The molecule has 1 N–H and O–H groups in total. The molecular weight excluding hydrogens is 308 g/mol. The van der Waals surface area contributed by atoms with Crippen LogP contribution >= 0.6 is 11.3 Å². The van der Waals surface area contributed by atoms with Gasteiger partial charge in [0, 0.05) is 25.6 Å². The van der Waals surface area contributed by atoms with Crippen LogP contribution in [0.15, 0.2) is 11.4 Å². The van der Waals surface area contributed by atoms with E-state index in [4.69, 9.17) is 0 Å². The number of hydrogen-bond acceptors (Lipinski definition) is 4. The van der Waals surface area contributed by atoms with E-state index in [0.717, 1.165) is 43.8 Å². The van der Waals surface area contributed by atoms with E-state index in [9.17, 15) is 9.59 Å². The van der Waals surface area contributed by atoms with Gasteiger partial charge in [0.25, 0.3) is 0 Å². The van der Waals surface area contributed by atoms with Crippen molar-refractivity contribution in [1.29, 1.82) is 0 Å². The highest BCUT2D eigenvalue weighted by Gasteiger charge is 2.25. The van der Waals surface area contributed by atoms with Crippen molar-refractivity contribution in [3.63, 3.8) is 0 Å². The largest absolute Gasteiger partial charge is 0.353 e. The number of amides is 1. The fourth-order valence-electron chi connectivity index (χ4n) is 3.29. The van der Waals surface area contributed by atoms with Gasteiger partial charge in [-0.1, -0.05) is 0 Å². The molecule has 0 unspecified atom stereocenters. The Labute approximate surface area is 142 Å². The summed E-state index contributed by atoms with van der Waals surface area (Å²) < 4.78 is 0. The molecule has 3 rings (SSSR count). The topological polar surface area (TPSA) is 49.4 Å². The van der Waals surface area contributed by atoms with Crippen LogP contribution in [0.2, 0.25) is 0 Å². The standard InChI is InChI=1S/C18H26N2O2S/c1-13(21)17-9-15(12-23-17)11-20-8-2-3-14(10-20)4-7-18(22)19-16-5-6-16/h9,12,14,16H,2-8,10-11H2,1H3,(H,19,22)/t14-/m0/s1. The number of rotatable bonds is 7. The van der Waals surface area contributed by atoms with E-state index in [1.165, 1.54) is 18.4 Å². The third-order valence-corrected chi connectivity index (χ3v) is 5.81. The number of ketones is 1. The Bertz CT molecular complexity index is 565. The van der Waals surface area contributed by atoms with Crippen molar-refractivity contribution in [2.75, 3.05) is 13.1 Å². The van der Waals surface area contributed by atoms with Gasteiger partial charge in [0.05, 0.1) is 4.88 Å². The van der Waals surface area contributed by atoms with E-state index in [2.05, 4.69) is 15.6 Å². The van der Waals surface area contributed by atoms with Crippen molar-refractivity contribution >= 4 is 23.0 Å². The van der Waals surface area contributed by atoms with Crippen molar-refractivity contribution in [2.24, 2.45) is 5.92 Å². The van der Waals surface area contributed by atoms with E-state index in [1.807, 2.05) is 6.07 Å². The number of thiophene rings is 1. The number of carbonyl (C=O) groups excluding carboxylic acids is 2. The Hall–Kier alpha value is -1.20. The fourth-order valence-corrected chi connectivity index (χ4v) is 4.10. The first-order chi connectivity index (χ1) is 11.1. The highest BCUT2D eigenvalue weighted by atomic mass is 32.1. The fraction of sp³-hybridized carbons (Fsp3) is 0.667. The van der Waals surface area contributed by atoms with Gasteiger partial charge in [-0.05, 0) is 68.5 Å². The van der Waals surface area contributed by atoms with Crippen LogP contribution in [-0.4, -0.2) is 35.7 Å². The van der Waals surface area contributed by atoms with Crippen molar-refractivity contribution in [3.05, 3.63) is 21.9 Å². The van der Waals surface area contributed by atoms with Crippen molar-refractivity contribution in [3.8, 4) is 0 Å². The van der Waals surface area contributed by atoms with Gasteiger partial charge >= 0.3 is 0 Å². The molecule has 0 bridgehead atoms. The molecule has 4 nitrogen and oxygen atoms in total. The third-order valence-electron chi connectivity index (χ3n) is 4.73. The van der Waals surface area contributed by atoms with Crippen LogP contribution in [0.3, 0.4) is 0 Å². The number of likely N-dealkylation sites (tertiary alicyclic amines) is 1. The maximum absolute atomic E-state index is 11.8. The molecule has 1 atom stereocenters.